The van der Waals surface area contributed by atoms with Gasteiger partial charge < -0.3 is 14.8 Å². The Hall–Kier alpha value is -1.20. The lowest BCUT2D eigenvalue weighted by molar-refractivity contribution is 0.399. The summed E-state index contributed by atoms with van der Waals surface area (Å²) < 4.78 is 12.7. The van der Waals surface area contributed by atoms with E-state index in [0.29, 0.717) is 6.54 Å². The molecule has 5 heteroatoms. The zero-order valence-corrected chi connectivity index (χ0v) is 15.3. The molecule has 3 nitrogen and oxygen atoms in total. The molecule has 112 valence electrons. The topological polar surface area (TPSA) is 30.5 Å². The van der Waals surface area contributed by atoms with Crippen LogP contribution in [0.5, 0.6) is 11.5 Å². The van der Waals surface area contributed by atoms with Crippen molar-refractivity contribution in [2.45, 2.75) is 13.5 Å². The van der Waals surface area contributed by atoms with Crippen LogP contribution in [0.2, 0.25) is 0 Å². The molecule has 0 heterocycles. The van der Waals surface area contributed by atoms with Gasteiger partial charge in [-0.05, 0) is 74.7 Å². The van der Waals surface area contributed by atoms with Crippen LogP contribution >= 0.6 is 31.9 Å². The highest BCUT2D eigenvalue weighted by Gasteiger charge is 2.09. The van der Waals surface area contributed by atoms with E-state index in [1.54, 1.807) is 14.2 Å². The van der Waals surface area contributed by atoms with Gasteiger partial charge in [-0.15, -0.1) is 0 Å². The summed E-state index contributed by atoms with van der Waals surface area (Å²) >= 11 is 7.17. The summed E-state index contributed by atoms with van der Waals surface area (Å²) in [7, 11) is 3.33. The number of benzene rings is 2. The smallest absolute Gasteiger partial charge is 0.124 e. The van der Waals surface area contributed by atoms with E-state index in [1.807, 2.05) is 18.2 Å². The van der Waals surface area contributed by atoms with Gasteiger partial charge in [-0.2, -0.15) is 0 Å². The van der Waals surface area contributed by atoms with Crippen molar-refractivity contribution in [3.8, 4) is 11.5 Å². The van der Waals surface area contributed by atoms with Crippen molar-refractivity contribution in [1.82, 2.24) is 0 Å². The molecule has 2 rings (SSSR count). The minimum absolute atomic E-state index is 0.640. The van der Waals surface area contributed by atoms with E-state index >= 15 is 0 Å². The second-order valence-corrected chi connectivity index (χ2v) is 6.34. The second-order valence-electron chi connectivity index (χ2n) is 4.63. The van der Waals surface area contributed by atoms with Crippen molar-refractivity contribution in [1.29, 1.82) is 0 Å². The molecule has 21 heavy (non-hydrogen) atoms. The van der Waals surface area contributed by atoms with Gasteiger partial charge >= 0.3 is 0 Å². The molecule has 2 aromatic carbocycles. The maximum Gasteiger partial charge on any atom is 0.124 e. The van der Waals surface area contributed by atoms with E-state index < -0.39 is 0 Å². The first kappa shape index (κ1) is 16.2. The van der Waals surface area contributed by atoms with E-state index in [-0.39, 0.29) is 0 Å². The fraction of sp³-hybridized carbons (Fsp3) is 0.250. The Morgan fingerprint density at radius 1 is 1.00 bits per heavy atom. The molecule has 0 atom stereocenters. The number of nitrogens with one attached hydrogen (secondary N) is 1. The highest BCUT2D eigenvalue weighted by atomic mass is 79.9. The predicted octanol–water partition coefficient (Wildman–Crippen LogP) is 5.15. The maximum atomic E-state index is 5.39. The molecule has 0 saturated carbocycles. The molecule has 0 bridgehead atoms. The van der Waals surface area contributed by atoms with E-state index in [0.717, 1.165) is 31.7 Å². The fourth-order valence-electron chi connectivity index (χ4n) is 2.07. The third kappa shape index (κ3) is 3.92. The average molecular weight is 415 g/mol. The molecule has 2 aromatic rings. The third-order valence-corrected chi connectivity index (χ3v) is 4.38. The van der Waals surface area contributed by atoms with Crippen molar-refractivity contribution < 1.29 is 9.47 Å². The van der Waals surface area contributed by atoms with Crippen molar-refractivity contribution in [3.05, 3.63) is 50.4 Å². The van der Waals surface area contributed by atoms with Gasteiger partial charge in [0.1, 0.15) is 11.5 Å². The first-order chi connectivity index (χ1) is 10.0. The summed E-state index contributed by atoms with van der Waals surface area (Å²) in [4.78, 5) is 0. The molecular formula is C16H17Br2NO2. The van der Waals surface area contributed by atoms with Gasteiger partial charge in [0.05, 0.1) is 19.9 Å². The Morgan fingerprint density at radius 2 is 1.67 bits per heavy atom. The standard InChI is InChI=1S/C16H17Br2NO2/c1-10-6-13(17)16(14(18)7-10)19-9-11-8-12(20-2)4-5-15(11)21-3/h4-8,19H,9H2,1-3H3. The fourth-order valence-corrected chi connectivity index (χ4v) is 3.77. The number of methoxy groups -OCH3 is 2. The highest BCUT2D eigenvalue weighted by molar-refractivity contribution is 9.11. The van der Waals surface area contributed by atoms with Crippen LogP contribution in [0.1, 0.15) is 11.1 Å². The maximum absolute atomic E-state index is 5.39. The zero-order chi connectivity index (χ0) is 15.4. The second kappa shape index (κ2) is 7.18. The summed E-state index contributed by atoms with van der Waals surface area (Å²) in [5.74, 6) is 1.65. The van der Waals surface area contributed by atoms with Crippen molar-refractivity contribution in [3.63, 3.8) is 0 Å². The van der Waals surface area contributed by atoms with Crippen LogP contribution in [0, 0.1) is 6.92 Å². The first-order valence-electron chi connectivity index (χ1n) is 6.45. The SMILES string of the molecule is COc1ccc(OC)c(CNc2c(Br)cc(C)cc2Br)c1. The van der Waals surface area contributed by atoms with Gasteiger partial charge in [0.15, 0.2) is 0 Å². The number of anilines is 1. The molecule has 0 saturated heterocycles. The molecule has 0 aliphatic rings. The van der Waals surface area contributed by atoms with Crippen LogP contribution in [-0.4, -0.2) is 14.2 Å². The first-order valence-corrected chi connectivity index (χ1v) is 8.04. The largest absolute Gasteiger partial charge is 0.497 e. The minimum atomic E-state index is 0.640. The monoisotopic (exact) mass is 413 g/mol. The summed E-state index contributed by atoms with van der Waals surface area (Å²) in [5, 5.41) is 3.42. The normalized spacial score (nSPS) is 10.3. The lowest BCUT2D eigenvalue weighted by Gasteiger charge is -2.14. The van der Waals surface area contributed by atoms with Crippen LogP contribution in [-0.2, 0) is 6.54 Å². The van der Waals surface area contributed by atoms with E-state index in [4.69, 9.17) is 9.47 Å². The summed E-state index contributed by atoms with van der Waals surface area (Å²) in [6.45, 7) is 2.70. The molecule has 0 radical (unpaired) electrons. The molecule has 0 fully saturated rings. The van der Waals surface area contributed by atoms with Crippen LogP contribution in [0.4, 0.5) is 5.69 Å². The number of ether oxygens (including phenoxy) is 2. The highest BCUT2D eigenvalue weighted by Crippen LogP contribution is 2.33. The average Bonchev–Trinajstić information content (AvgIpc) is 2.45. The van der Waals surface area contributed by atoms with E-state index in [2.05, 4.69) is 56.2 Å². The van der Waals surface area contributed by atoms with E-state index in [1.165, 1.54) is 5.56 Å². The third-order valence-electron chi connectivity index (χ3n) is 3.13. The lowest BCUT2D eigenvalue weighted by Crippen LogP contribution is -2.03. The predicted molar refractivity (Wildman–Crippen MR) is 93.5 cm³/mol. The molecule has 0 aliphatic heterocycles. The van der Waals surface area contributed by atoms with Crippen LogP contribution in [0.15, 0.2) is 39.3 Å². The van der Waals surface area contributed by atoms with Gasteiger partial charge in [0, 0.05) is 21.1 Å². The molecule has 0 aliphatic carbocycles. The molecule has 0 aromatic heterocycles. The Morgan fingerprint density at radius 3 is 2.24 bits per heavy atom. The Bertz CT molecular complexity index is 621. The van der Waals surface area contributed by atoms with Crippen LogP contribution < -0.4 is 14.8 Å². The van der Waals surface area contributed by atoms with Crippen molar-refractivity contribution in [2.24, 2.45) is 0 Å². The van der Waals surface area contributed by atoms with Gasteiger partial charge in [0.25, 0.3) is 0 Å². The van der Waals surface area contributed by atoms with Gasteiger partial charge in [0.2, 0.25) is 0 Å². The van der Waals surface area contributed by atoms with E-state index in [9.17, 15) is 0 Å². The molecule has 0 unspecified atom stereocenters. The molecule has 0 amide bonds. The quantitative estimate of drug-likeness (QED) is 0.733. The minimum Gasteiger partial charge on any atom is -0.497 e. The Labute approximate surface area is 141 Å². The number of rotatable bonds is 5. The van der Waals surface area contributed by atoms with Gasteiger partial charge in [-0.25, -0.2) is 0 Å². The number of hydrogen-bond donors (Lipinski definition) is 1. The van der Waals surface area contributed by atoms with Crippen molar-refractivity contribution in [2.75, 3.05) is 19.5 Å². The van der Waals surface area contributed by atoms with Crippen molar-refractivity contribution >= 4 is 37.5 Å². The zero-order valence-electron chi connectivity index (χ0n) is 12.2. The number of aryl methyl sites for hydroxylation is 1. The molecule has 1 N–H and O–H groups in total. The lowest BCUT2D eigenvalue weighted by atomic mass is 10.1. The van der Waals surface area contributed by atoms with Gasteiger partial charge in [-0.3, -0.25) is 0 Å². The summed E-state index contributed by atoms with van der Waals surface area (Å²) in [6.07, 6.45) is 0. The summed E-state index contributed by atoms with van der Waals surface area (Å²) in [6, 6.07) is 9.93. The number of hydrogen-bond acceptors (Lipinski definition) is 3. The Balaban J connectivity index is 2.24. The van der Waals surface area contributed by atoms with Gasteiger partial charge in [-0.1, -0.05) is 0 Å². The Kier molecular flexibility index (Phi) is 5.53. The van der Waals surface area contributed by atoms with Crippen LogP contribution in [0.3, 0.4) is 0 Å². The number of halogens is 2. The molecule has 0 spiro atoms. The molecular weight excluding hydrogens is 398 g/mol. The van der Waals surface area contributed by atoms with Crippen LogP contribution in [0.25, 0.3) is 0 Å². The summed E-state index contributed by atoms with van der Waals surface area (Å²) in [5.41, 5.74) is 3.25.